The largest absolute Gasteiger partial charge is 0.305 e. The maximum Gasteiger partial charge on any atom is 0.305 e. The van der Waals surface area contributed by atoms with E-state index in [1.54, 1.807) is 12.1 Å². The summed E-state index contributed by atoms with van der Waals surface area (Å²) >= 11 is 0. The van der Waals surface area contributed by atoms with E-state index in [1.165, 1.54) is 24.5 Å². The molecule has 0 unspecified atom stereocenters. The highest BCUT2D eigenvalue weighted by Crippen LogP contribution is 2.17. The molecule has 2 aromatic rings. The van der Waals surface area contributed by atoms with E-state index in [4.69, 9.17) is 0 Å². The van der Waals surface area contributed by atoms with Gasteiger partial charge in [0.1, 0.15) is 5.69 Å². The van der Waals surface area contributed by atoms with E-state index < -0.39 is 22.3 Å². The van der Waals surface area contributed by atoms with Crippen molar-refractivity contribution in [3.05, 3.63) is 69.8 Å². The van der Waals surface area contributed by atoms with Crippen LogP contribution in [0.25, 0.3) is 0 Å². The summed E-state index contributed by atoms with van der Waals surface area (Å²) in [6.07, 6.45) is 2.63. The molecule has 8 heteroatoms. The number of halogens is 1. The number of amides is 1. The summed E-state index contributed by atoms with van der Waals surface area (Å²) in [7, 11) is 0. The predicted molar refractivity (Wildman–Crippen MR) is 72.4 cm³/mol. The second-order valence-corrected chi connectivity index (χ2v) is 3.88. The van der Waals surface area contributed by atoms with Crippen molar-refractivity contribution >= 4 is 17.8 Å². The maximum absolute atomic E-state index is 13.1. The zero-order chi connectivity index (χ0) is 15.2. The summed E-state index contributed by atoms with van der Waals surface area (Å²) in [5.41, 5.74) is 2.02. The van der Waals surface area contributed by atoms with E-state index in [9.17, 15) is 19.3 Å². The lowest BCUT2D eigenvalue weighted by Gasteiger charge is -1.98. The Morgan fingerprint density at radius 3 is 2.86 bits per heavy atom. The molecule has 0 fully saturated rings. The van der Waals surface area contributed by atoms with Crippen molar-refractivity contribution in [3.8, 4) is 0 Å². The van der Waals surface area contributed by atoms with Crippen LogP contribution in [0.4, 0.5) is 10.1 Å². The number of nitrogens with zero attached hydrogens (tertiary/aromatic N) is 3. The lowest BCUT2D eigenvalue weighted by atomic mass is 10.2. The molecule has 0 bridgehead atoms. The van der Waals surface area contributed by atoms with Crippen LogP contribution in [0.5, 0.6) is 0 Å². The van der Waals surface area contributed by atoms with E-state index in [0.717, 1.165) is 12.1 Å². The summed E-state index contributed by atoms with van der Waals surface area (Å²) in [4.78, 5) is 25.2. The molecule has 21 heavy (non-hydrogen) atoms. The highest BCUT2D eigenvalue weighted by molar-refractivity contribution is 5.93. The van der Waals surface area contributed by atoms with Crippen LogP contribution in [0.15, 0.2) is 47.7 Å². The smallest absolute Gasteiger partial charge is 0.266 e. The number of benzene rings is 1. The zero-order valence-electron chi connectivity index (χ0n) is 10.6. The molecule has 1 N–H and O–H groups in total. The first-order chi connectivity index (χ1) is 10.1. The number of hydrazone groups is 1. The molecule has 1 aromatic heterocycles. The topological polar surface area (TPSA) is 97.5 Å². The Morgan fingerprint density at radius 1 is 1.38 bits per heavy atom. The van der Waals surface area contributed by atoms with E-state index in [1.807, 2.05) is 0 Å². The summed E-state index contributed by atoms with van der Waals surface area (Å²) in [6.45, 7) is 0. The average molecular weight is 288 g/mol. The number of rotatable bonds is 4. The van der Waals surface area contributed by atoms with Gasteiger partial charge in [-0.15, -0.1) is 0 Å². The van der Waals surface area contributed by atoms with Gasteiger partial charge in [-0.3, -0.25) is 19.9 Å². The van der Waals surface area contributed by atoms with Gasteiger partial charge in [0.2, 0.25) is 5.82 Å². The molecule has 0 aliphatic carbocycles. The molecule has 1 heterocycles. The SMILES string of the molecule is O=C(NN=Cc1ccc(F)c([N+](=O)[O-])c1)c1ccccn1. The van der Waals surface area contributed by atoms with Gasteiger partial charge in [0.05, 0.1) is 11.1 Å². The minimum absolute atomic E-state index is 0.180. The third-order valence-corrected chi connectivity index (χ3v) is 2.44. The summed E-state index contributed by atoms with van der Waals surface area (Å²) in [6, 6.07) is 8.10. The molecule has 1 aromatic carbocycles. The standard InChI is InChI=1S/C13H9FN4O3/c14-10-5-4-9(7-12(10)18(20)21)8-16-17-13(19)11-3-1-2-6-15-11/h1-8H,(H,17,19). The van der Waals surface area contributed by atoms with Crippen LogP contribution in [-0.4, -0.2) is 22.0 Å². The van der Waals surface area contributed by atoms with Crippen molar-refractivity contribution in [1.29, 1.82) is 0 Å². The summed E-state index contributed by atoms with van der Waals surface area (Å²) < 4.78 is 13.1. The molecule has 106 valence electrons. The van der Waals surface area contributed by atoms with E-state index >= 15 is 0 Å². The third-order valence-electron chi connectivity index (χ3n) is 2.44. The third kappa shape index (κ3) is 3.66. The molecular formula is C13H9FN4O3. The van der Waals surface area contributed by atoms with E-state index in [0.29, 0.717) is 0 Å². The summed E-state index contributed by atoms with van der Waals surface area (Å²) in [5, 5.41) is 14.2. The lowest BCUT2D eigenvalue weighted by Crippen LogP contribution is -2.18. The van der Waals surface area contributed by atoms with Gasteiger partial charge in [-0.25, -0.2) is 5.43 Å². The molecule has 0 saturated heterocycles. The molecule has 0 aliphatic heterocycles. The van der Waals surface area contributed by atoms with Crippen LogP contribution in [0.3, 0.4) is 0 Å². The van der Waals surface area contributed by atoms with Crippen molar-refractivity contribution < 1.29 is 14.1 Å². The Bertz CT molecular complexity index is 704. The fraction of sp³-hybridized carbons (Fsp3) is 0. The molecule has 7 nitrogen and oxygen atoms in total. The second-order valence-electron chi connectivity index (χ2n) is 3.88. The molecule has 0 atom stereocenters. The Hall–Kier alpha value is -3.16. The van der Waals surface area contributed by atoms with Gasteiger partial charge in [-0.1, -0.05) is 6.07 Å². The number of nitro benzene ring substituents is 1. The molecule has 1 amide bonds. The van der Waals surface area contributed by atoms with Crippen LogP contribution < -0.4 is 5.43 Å². The quantitative estimate of drug-likeness (QED) is 0.527. The number of aromatic nitrogens is 1. The number of carbonyl (C=O) groups is 1. The van der Waals surface area contributed by atoms with Crippen molar-refractivity contribution in [3.63, 3.8) is 0 Å². The van der Waals surface area contributed by atoms with Crippen LogP contribution in [0.2, 0.25) is 0 Å². The first kappa shape index (κ1) is 14.3. The average Bonchev–Trinajstić information content (AvgIpc) is 2.49. The Kier molecular flexibility index (Phi) is 4.30. The highest BCUT2D eigenvalue weighted by Gasteiger charge is 2.13. The number of nitrogens with one attached hydrogen (secondary N) is 1. The van der Waals surface area contributed by atoms with Crippen molar-refractivity contribution in [2.45, 2.75) is 0 Å². The van der Waals surface area contributed by atoms with Gasteiger partial charge in [0, 0.05) is 17.8 Å². The first-order valence-electron chi connectivity index (χ1n) is 5.76. The molecule has 2 rings (SSSR count). The normalized spacial score (nSPS) is 10.5. The fourth-order valence-corrected chi connectivity index (χ4v) is 1.47. The minimum Gasteiger partial charge on any atom is -0.266 e. The van der Waals surface area contributed by atoms with Crippen molar-refractivity contribution in [2.24, 2.45) is 5.10 Å². The Morgan fingerprint density at radius 2 is 2.19 bits per heavy atom. The number of carbonyl (C=O) groups excluding carboxylic acids is 1. The van der Waals surface area contributed by atoms with Crippen LogP contribution in [-0.2, 0) is 0 Å². The van der Waals surface area contributed by atoms with Crippen molar-refractivity contribution in [1.82, 2.24) is 10.4 Å². The van der Waals surface area contributed by atoms with Gasteiger partial charge in [-0.2, -0.15) is 9.49 Å². The van der Waals surface area contributed by atoms with Gasteiger partial charge >= 0.3 is 5.69 Å². The van der Waals surface area contributed by atoms with Gasteiger partial charge in [0.25, 0.3) is 5.91 Å². The summed E-state index contributed by atoms with van der Waals surface area (Å²) in [5.74, 6) is -1.46. The van der Waals surface area contributed by atoms with E-state index in [-0.39, 0.29) is 11.3 Å². The van der Waals surface area contributed by atoms with Gasteiger partial charge in [-0.05, 0) is 24.3 Å². The van der Waals surface area contributed by atoms with Crippen molar-refractivity contribution in [2.75, 3.05) is 0 Å². The zero-order valence-corrected chi connectivity index (χ0v) is 10.6. The Balaban J connectivity index is 2.07. The number of hydrogen-bond acceptors (Lipinski definition) is 5. The van der Waals surface area contributed by atoms with Gasteiger partial charge < -0.3 is 0 Å². The maximum atomic E-state index is 13.1. The minimum atomic E-state index is -0.935. The molecule has 0 radical (unpaired) electrons. The van der Waals surface area contributed by atoms with Crippen LogP contribution in [0.1, 0.15) is 16.1 Å². The number of pyridine rings is 1. The van der Waals surface area contributed by atoms with Gasteiger partial charge in [0.15, 0.2) is 0 Å². The predicted octanol–water partition coefficient (Wildman–Crippen LogP) is 1.89. The Labute approximate surface area is 118 Å². The monoisotopic (exact) mass is 288 g/mol. The fourth-order valence-electron chi connectivity index (χ4n) is 1.47. The van der Waals surface area contributed by atoms with E-state index in [2.05, 4.69) is 15.5 Å². The van der Waals surface area contributed by atoms with Crippen LogP contribution in [0, 0.1) is 15.9 Å². The lowest BCUT2D eigenvalue weighted by molar-refractivity contribution is -0.387. The van der Waals surface area contributed by atoms with Crippen LogP contribution >= 0.6 is 0 Å². The molecular weight excluding hydrogens is 279 g/mol. The highest BCUT2D eigenvalue weighted by atomic mass is 19.1. The molecule has 0 spiro atoms. The second kappa shape index (κ2) is 6.33. The number of nitro groups is 1. The molecule has 0 saturated carbocycles. The number of hydrogen-bond donors (Lipinski definition) is 1. The first-order valence-corrected chi connectivity index (χ1v) is 5.76. The molecule has 0 aliphatic rings.